The Morgan fingerprint density at radius 3 is 1.75 bits per heavy atom. The lowest BCUT2D eigenvalue weighted by molar-refractivity contribution is -0.140. The number of carbonyl (C=O) groups is 1. The fraction of sp³-hybridized carbons (Fsp3) is 0.875. The molecule has 0 aliphatic rings. The molecule has 0 saturated heterocycles. The fourth-order valence-corrected chi connectivity index (χ4v) is 0.908. The Kier molecular flexibility index (Phi) is 7.44. The van der Waals surface area contributed by atoms with E-state index in [0.29, 0.717) is 0 Å². The first kappa shape index (κ1) is 14.3. The van der Waals surface area contributed by atoms with E-state index in [1.54, 1.807) is 0 Å². The maximum absolute atomic E-state index is 10.6. The summed E-state index contributed by atoms with van der Waals surface area (Å²) in [5.74, 6) is -0.636. The van der Waals surface area contributed by atoms with Gasteiger partial charge in [-0.1, -0.05) is 27.7 Å². The third-order valence-corrected chi connectivity index (χ3v) is 1.45. The first-order valence-electron chi connectivity index (χ1n) is 3.94. The fourth-order valence-electron chi connectivity index (χ4n) is 0.908. The second-order valence-electron chi connectivity index (χ2n) is 3.38. The molecule has 0 saturated carbocycles. The van der Waals surface area contributed by atoms with Gasteiger partial charge in [-0.05, 0) is 5.92 Å². The van der Waals surface area contributed by atoms with Crippen molar-refractivity contribution in [1.82, 2.24) is 5.32 Å². The minimum atomic E-state index is -0.770. The summed E-state index contributed by atoms with van der Waals surface area (Å²) >= 11 is 0. The van der Waals surface area contributed by atoms with Gasteiger partial charge in [-0.25, -0.2) is 0 Å². The highest BCUT2D eigenvalue weighted by Gasteiger charge is 2.21. The molecule has 0 aliphatic heterocycles. The van der Waals surface area contributed by atoms with Crippen LogP contribution in [0, 0.1) is 5.92 Å². The van der Waals surface area contributed by atoms with Crippen LogP contribution in [0.5, 0.6) is 0 Å². The molecule has 4 heteroatoms. The van der Waals surface area contributed by atoms with Gasteiger partial charge in [0.05, 0.1) is 0 Å². The van der Waals surface area contributed by atoms with E-state index >= 15 is 0 Å². The van der Waals surface area contributed by atoms with Gasteiger partial charge in [0.25, 0.3) is 0 Å². The number of carboxylic acids is 1. The van der Waals surface area contributed by atoms with E-state index in [9.17, 15) is 4.79 Å². The summed E-state index contributed by atoms with van der Waals surface area (Å²) in [6.45, 7) is 7.68. The maximum Gasteiger partial charge on any atom is 0.320 e. The molecule has 0 radical (unpaired) electrons. The number of aliphatic carboxylic acids is 1. The van der Waals surface area contributed by atoms with Crippen LogP contribution in [0.3, 0.4) is 0 Å². The summed E-state index contributed by atoms with van der Waals surface area (Å²) in [6, 6.07) is -0.200. The van der Waals surface area contributed by atoms with Crippen LogP contribution >= 0.6 is 12.4 Å². The van der Waals surface area contributed by atoms with Gasteiger partial charge in [-0.2, -0.15) is 0 Å². The Bertz CT molecular complexity index is 137. The SMILES string of the molecule is CC(C)NC(C(=O)O)C(C)C.Cl. The maximum atomic E-state index is 10.6. The normalized spacial score (nSPS) is 12.8. The van der Waals surface area contributed by atoms with Crippen molar-refractivity contribution in [2.75, 3.05) is 0 Å². The summed E-state index contributed by atoms with van der Waals surface area (Å²) < 4.78 is 0. The molecule has 0 fully saturated rings. The van der Waals surface area contributed by atoms with Crippen LogP contribution in [-0.2, 0) is 4.79 Å². The number of hydrogen-bond donors (Lipinski definition) is 2. The second kappa shape index (κ2) is 6.26. The van der Waals surface area contributed by atoms with Crippen LogP contribution in [0.15, 0.2) is 0 Å². The zero-order chi connectivity index (χ0) is 9.02. The van der Waals surface area contributed by atoms with E-state index in [1.807, 2.05) is 27.7 Å². The highest BCUT2D eigenvalue weighted by molar-refractivity contribution is 5.85. The summed E-state index contributed by atoms with van der Waals surface area (Å²) in [7, 11) is 0. The van der Waals surface area contributed by atoms with Crippen LogP contribution in [0.2, 0.25) is 0 Å². The molecule has 74 valence electrons. The number of hydrogen-bond acceptors (Lipinski definition) is 2. The molecular weight excluding hydrogens is 178 g/mol. The molecule has 0 heterocycles. The van der Waals surface area contributed by atoms with E-state index < -0.39 is 12.0 Å². The molecule has 2 N–H and O–H groups in total. The van der Waals surface area contributed by atoms with Gasteiger partial charge in [-0.3, -0.25) is 4.79 Å². The Hall–Kier alpha value is -0.280. The number of nitrogens with one attached hydrogen (secondary N) is 1. The Labute approximate surface area is 80.0 Å². The largest absolute Gasteiger partial charge is 0.480 e. The highest BCUT2D eigenvalue weighted by atomic mass is 35.5. The van der Waals surface area contributed by atoms with E-state index in [2.05, 4.69) is 5.32 Å². The molecule has 1 atom stereocenters. The zero-order valence-corrected chi connectivity index (χ0v) is 8.81. The van der Waals surface area contributed by atoms with E-state index in [-0.39, 0.29) is 24.4 Å². The Morgan fingerprint density at radius 2 is 1.67 bits per heavy atom. The third kappa shape index (κ3) is 5.38. The number of rotatable bonds is 4. The van der Waals surface area contributed by atoms with E-state index in [4.69, 9.17) is 5.11 Å². The molecule has 0 aliphatic carbocycles. The van der Waals surface area contributed by atoms with Gasteiger partial charge in [0, 0.05) is 6.04 Å². The third-order valence-electron chi connectivity index (χ3n) is 1.45. The van der Waals surface area contributed by atoms with Gasteiger partial charge >= 0.3 is 5.97 Å². The average molecular weight is 196 g/mol. The Morgan fingerprint density at radius 1 is 1.25 bits per heavy atom. The highest BCUT2D eigenvalue weighted by Crippen LogP contribution is 2.02. The molecule has 1 unspecified atom stereocenters. The summed E-state index contributed by atoms with van der Waals surface area (Å²) in [4.78, 5) is 10.6. The van der Waals surface area contributed by atoms with Crippen LogP contribution in [0.25, 0.3) is 0 Å². The lowest BCUT2D eigenvalue weighted by atomic mass is 10.0. The minimum Gasteiger partial charge on any atom is -0.480 e. The van der Waals surface area contributed by atoms with Crippen LogP contribution in [0.4, 0.5) is 0 Å². The van der Waals surface area contributed by atoms with Crippen molar-refractivity contribution >= 4 is 18.4 Å². The van der Waals surface area contributed by atoms with Crippen LogP contribution in [-0.4, -0.2) is 23.2 Å². The molecule has 0 aromatic carbocycles. The summed E-state index contributed by atoms with van der Waals surface area (Å²) in [6.07, 6.45) is 0. The van der Waals surface area contributed by atoms with Crippen molar-refractivity contribution in [3.05, 3.63) is 0 Å². The second-order valence-corrected chi connectivity index (χ2v) is 3.38. The van der Waals surface area contributed by atoms with Gasteiger partial charge in [0.15, 0.2) is 0 Å². The lowest BCUT2D eigenvalue weighted by Crippen LogP contribution is -2.44. The van der Waals surface area contributed by atoms with Crippen molar-refractivity contribution < 1.29 is 9.90 Å². The molecule has 0 aromatic heterocycles. The van der Waals surface area contributed by atoms with Gasteiger partial charge in [0.2, 0.25) is 0 Å². The van der Waals surface area contributed by atoms with Crippen LogP contribution < -0.4 is 5.32 Å². The summed E-state index contributed by atoms with van der Waals surface area (Å²) in [5, 5.41) is 11.7. The summed E-state index contributed by atoms with van der Waals surface area (Å²) in [5.41, 5.74) is 0. The minimum absolute atomic E-state index is 0. The molecule has 12 heavy (non-hydrogen) atoms. The van der Waals surface area contributed by atoms with Gasteiger partial charge in [-0.15, -0.1) is 12.4 Å². The van der Waals surface area contributed by atoms with Gasteiger partial charge in [0.1, 0.15) is 6.04 Å². The molecule has 3 nitrogen and oxygen atoms in total. The number of halogens is 1. The smallest absolute Gasteiger partial charge is 0.320 e. The van der Waals surface area contributed by atoms with Crippen LogP contribution in [0.1, 0.15) is 27.7 Å². The Balaban J connectivity index is 0. The molecule has 0 spiro atoms. The standard InChI is InChI=1S/C8H17NO2.ClH/c1-5(2)7(8(10)11)9-6(3)4;/h5-7,9H,1-4H3,(H,10,11);1H. The molecule has 0 rings (SSSR count). The monoisotopic (exact) mass is 195 g/mol. The zero-order valence-electron chi connectivity index (χ0n) is 8.00. The predicted molar refractivity (Wildman–Crippen MR) is 51.8 cm³/mol. The molecular formula is C8H18ClNO2. The average Bonchev–Trinajstić information content (AvgIpc) is 1.81. The van der Waals surface area contributed by atoms with Crippen molar-refractivity contribution in [1.29, 1.82) is 0 Å². The van der Waals surface area contributed by atoms with Crippen molar-refractivity contribution in [3.8, 4) is 0 Å². The lowest BCUT2D eigenvalue weighted by Gasteiger charge is -2.20. The molecule has 0 bridgehead atoms. The van der Waals surface area contributed by atoms with Gasteiger partial charge < -0.3 is 10.4 Å². The first-order valence-corrected chi connectivity index (χ1v) is 3.94. The first-order chi connectivity index (χ1) is 4.95. The number of carboxylic acid groups (broad SMARTS) is 1. The van der Waals surface area contributed by atoms with Crippen molar-refractivity contribution in [2.45, 2.75) is 39.8 Å². The molecule has 0 aromatic rings. The van der Waals surface area contributed by atoms with Crippen molar-refractivity contribution in [2.24, 2.45) is 5.92 Å². The van der Waals surface area contributed by atoms with E-state index in [0.717, 1.165) is 0 Å². The van der Waals surface area contributed by atoms with Crippen molar-refractivity contribution in [3.63, 3.8) is 0 Å². The molecule has 0 amide bonds. The van der Waals surface area contributed by atoms with E-state index in [1.165, 1.54) is 0 Å². The quantitative estimate of drug-likeness (QED) is 0.715. The predicted octanol–water partition coefficient (Wildman–Crippen LogP) is 1.52. The topological polar surface area (TPSA) is 49.3 Å².